The summed E-state index contributed by atoms with van der Waals surface area (Å²) in [4.78, 5) is 0. The van der Waals surface area contributed by atoms with Crippen LogP contribution in [0.4, 0.5) is 0 Å². The van der Waals surface area contributed by atoms with Crippen molar-refractivity contribution in [3.05, 3.63) is 34.7 Å². The Labute approximate surface area is 82.9 Å². The van der Waals surface area contributed by atoms with E-state index in [0.29, 0.717) is 0 Å². The summed E-state index contributed by atoms with van der Waals surface area (Å²) in [5.41, 5.74) is 11.9. The van der Waals surface area contributed by atoms with Gasteiger partial charge < -0.3 is 11.5 Å². The van der Waals surface area contributed by atoms with Crippen LogP contribution in [0.5, 0.6) is 0 Å². The van der Waals surface area contributed by atoms with Crippen molar-refractivity contribution in [3.8, 4) is 6.07 Å². The molecule has 0 spiro atoms. The van der Waals surface area contributed by atoms with Crippen LogP contribution in [0.15, 0.2) is 24.3 Å². The summed E-state index contributed by atoms with van der Waals surface area (Å²) >= 11 is 0. The van der Waals surface area contributed by atoms with Gasteiger partial charge in [0.05, 0.1) is 6.07 Å². The predicted octanol–water partition coefficient (Wildman–Crippen LogP) is -0.595. The number of benzene rings is 1. The molecule has 0 saturated carbocycles. The normalized spacial score (nSPS) is 15.9. The van der Waals surface area contributed by atoms with Gasteiger partial charge in [-0.2, -0.15) is 5.26 Å². The highest BCUT2D eigenvalue weighted by atomic mass is 14.6. The van der Waals surface area contributed by atoms with Crippen molar-refractivity contribution < 1.29 is 0 Å². The SMILES string of the molecule is C/C(=c1/cccc/c1=C/N)C(N)C#N. The van der Waals surface area contributed by atoms with E-state index in [-0.39, 0.29) is 0 Å². The summed E-state index contributed by atoms with van der Waals surface area (Å²) in [6, 6.07) is 9.02. The zero-order chi connectivity index (χ0) is 10.6. The number of nitriles is 1. The van der Waals surface area contributed by atoms with E-state index in [1.165, 1.54) is 6.20 Å². The third-order valence-corrected chi connectivity index (χ3v) is 2.17. The summed E-state index contributed by atoms with van der Waals surface area (Å²) < 4.78 is 0. The van der Waals surface area contributed by atoms with E-state index in [9.17, 15) is 0 Å². The lowest BCUT2D eigenvalue weighted by molar-refractivity contribution is 1.04. The third kappa shape index (κ3) is 1.93. The largest absolute Gasteiger partial charge is 0.404 e. The van der Waals surface area contributed by atoms with Crippen LogP contribution in [0, 0.1) is 11.3 Å². The van der Waals surface area contributed by atoms with Gasteiger partial charge in [0.2, 0.25) is 0 Å². The van der Waals surface area contributed by atoms with Crippen molar-refractivity contribution in [3.63, 3.8) is 0 Å². The molecule has 3 heteroatoms. The van der Waals surface area contributed by atoms with Crippen LogP contribution in [0.2, 0.25) is 0 Å². The zero-order valence-corrected chi connectivity index (χ0v) is 8.07. The highest BCUT2D eigenvalue weighted by Gasteiger charge is 2.02. The monoisotopic (exact) mass is 187 g/mol. The van der Waals surface area contributed by atoms with Crippen LogP contribution in [0.3, 0.4) is 0 Å². The van der Waals surface area contributed by atoms with E-state index in [2.05, 4.69) is 0 Å². The summed E-state index contributed by atoms with van der Waals surface area (Å²) in [6.07, 6.45) is 1.52. The van der Waals surface area contributed by atoms with Crippen LogP contribution < -0.4 is 21.9 Å². The molecule has 3 nitrogen and oxygen atoms in total. The van der Waals surface area contributed by atoms with Crippen LogP contribution >= 0.6 is 0 Å². The smallest absolute Gasteiger partial charge is 0.115 e. The van der Waals surface area contributed by atoms with Crippen molar-refractivity contribution >= 4 is 11.8 Å². The topological polar surface area (TPSA) is 75.8 Å². The average Bonchev–Trinajstić information content (AvgIpc) is 2.26. The number of hydrogen-bond donors (Lipinski definition) is 2. The fraction of sp³-hybridized carbons (Fsp3) is 0.182. The Morgan fingerprint density at radius 1 is 1.50 bits per heavy atom. The Hall–Kier alpha value is -1.79. The van der Waals surface area contributed by atoms with Gasteiger partial charge in [-0.25, -0.2) is 0 Å². The van der Waals surface area contributed by atoms with Gasteiger partial charge in [0, 0.05) is 6.20 Å². The maximum atomic E-state index is 8.69. The van der Waals surface area contributed by atoms with E-state index in [1.807, 2.05) is 37.3 Å². The summed E-state index contributed by atoms with van der Waals surface area (Å²) in [5.74, 6) is 0. The molecule has 0 saturated heterocycles. The Morgan fingerprint density at radius 2 is 2.14 bits per heavy atom. The first-order valence-corrected chi connectivity index (χ1v) is 4.33. The molecule has 0 aliphatic rings. The standard InChI is InChI=1S/C11H13N3/c1-8(11(14)7-13)10-5-3-2-4-9(10)6-12/h2-6,11H,12,14H2,1H3/b9-6-,10-8+. The highest BCUT2D eigenvalue weighted by Crippen LogP contribution is 1.93. The molecule has 0 aliphatic carbocycles. The molecule has 72 valence electrons. The van der Waals surface area contributed by atoms with Crippen molar-refractivity contribution in [2.75, 3.05) is 0 Å². The van der Waals surface area contributed by atoms with Gasteiger partial charge in [0.25, 0.3) is 0 Å². The second-order valence-corrected chi connectivity index (χ2v) is 3.04. The number of rotatable bonds is 1. The number of hydrogen-bond acceptors (Lipinski definition) is 3. The molecule has 4 N–H and O–H groups in total. The molecule has 0 heterocycles. The van der Waals surface area contributed by atoms with Gasteiger partial charge in [0.15, 0.2) is 0 Å². The van der Waals surface area contributed by atoms with Gasteiger partial charge in [0.1, 0.15) is 6.04 Å². The van der Waals surface area contributed by atoms with Crippen molar-refractivity contribution in [2.24, 2.45) is 11.5 Å². The molecule has 0 aromatic heterocycles. The molecule has 0 amide bonds. The minimum absolute atomic E-state index is 0.573. The maximum absolute atomic E-state index is 8.69. The third-order valence-electron chi connectivity index (χ3n) is 2.17. The minimum atomic E-state index is -0.573. The predicted molar refractivity (Wildman–Crippen MR) is 57.0 cm³/mol. The maximum Gasteiger partial charge on any atom is 0.115 e. The van der Waals surface area contributed by atoms with E-state index in [1.54, 1.807) is 0 Å². The van der Waals surface area contributed by atoms with Gasteiger partial charge in [-0.05, 0) is 22.9 Å². The quantitative estimate of drug-likeness (QED) is 0.616. The first-order valence-electron chi connectivity index (χ1n) is 4.33. The van der Waals surface area contributed by atoms with Gasteiger partial charge in [-0.15, -0.1) is 0 Å². The van der Waals surface area contributed by atoms with Gasteiger partial charge >= 0.3 is 0 Å². The van der Waals surface area contributed by atoms with Crippen LogP contribution in [-0.4, -0.2) is 6.04 Å². The Kier molecular flexibility index (Phi) is 3.27. The van der Waals surface area contributed by atoms with Crippen molar-refractivity contribution in [2.45, 2.75) is 13.0 Å². The lowest BCUT2D eigenvalue weighted by atomic mass is 10.1. The van der Waals surface area contributed by atoms with E-state index < -0.39 is 6.04 Å². The van der Waals surface area contributed by atoms with E-state index >= 15 is 0 Å². The number of nitrogens with two attached hydrogens (primary N) is 2. The minimum Gasteiger partial charge on any atom is -0.404 e. The fourth-order valence-electron chi connectivity index (χ4n) is 1.27. The van der Waals surface area contributed by atoms with Crippen LogP contribution in [-0.2, 0) is 0 Å². The fourth-order valence-corrected chi connectivity index (χ4v) is 1.27. The lowest BCUT2D eigenvalue weighted by Gasteiger charge is -2.02. The molecule has 1 aromatic carbocycles. The Balaban J connectivity index is 3.54. The van der Waals surface area contributed by atoms with E-state index in [0.717, 1.165) is 16.0 Å². The second-order valence-electron chi connectivity index (χ2n) is 3.04. The molecule has 0 bridgehead atoms. The molecular weight excluding hydrogens is 174 g/mol. The van der Waals surface area contributed by atoms with Gasteiger partial charge in [-0.1, -0.05) is 24.3 Å². The summed E-state index contributed by atoms with van der Waals surface area (Å²) in [6.45, 7) is 1.84. The van der Waals surface area contributed by atoms with Crippen molar-refractivity contribution in [1.82, 2.24) is 0 Å². The molecule has 0 radical (unpaired) electrons. The lowest BCUT2D eigenvalue weighted by Crippen LogP contribution is -2.33. The zero-order valence-electron chi connectivity index (χ0n) is 8.07. The molecular formula is C11H13N3. The second kappa shape index (κ2) is 4.45. The summed E-state index contributed by atoms with van der Waals surface area (Å²) in [7, 11) is 0. The Bertz CT molecular complexity index is 468. The first-order chi connectivity index (χ1) is 6.70. The molecule has 0 fully saturated rings. The molecule has 14 heavy (non-hydrogen) atoms. The molecule has 1 unspecified atom stereocenters. The molecule has 1 aromatic rings. The van der Waals surface area contributed by atoms with Gasteiger partial charge in [-0.3, -0.25) is 0 Å². The molecule has 0 aliphatic heterocycles. The molecule has 1 atom stereocenters. The first kappa shape index (κ1) is 10.3. The summed E-state index contributed by atoms with van der Waals surface area (Å²) in [5, 5.41) is 10.5. The van der Waals surface area contributed by atoms with E-state index in [4.69, 9.17) is 16.7 Å². The van der Waals surface area contributed by atoms with Crippen molar-refractivity contribution in [1.29, 1.82) is 5.26 Å². The Morgan fingerprint density at radius 3 is 2.71 bits per heavy atom. The number of nitrogens with zero attached hydrogens (tertiary/aromatic N) is 1. The average molecular weight is 187 g/mol. The highest BCUT2D eigenvalue weighted by molar-refractivity contribution is 5.52. The van der Waals surface area contributed by atoms with Crippen LogP contribution in [0.25, 0.3) is 11.8 Å². The van der Waals surface area contributed by atoms with Crippen LogP contribution in [0.1, 0.15) is 6.92 Å². The molecule has 1 rings (SSSR count).